The molecule has 3 fully saturated rings. The van der Waals surface area contributed by atoms with Crippen molar-refractivity contribution in [3.8, 4) is 0 Å². The van der Waals surface area contributed by atoms with E-state index in [1.807, 2.05) is 29.2 Å². The van der Waals surface area contributed by atoms with Gasteiger partial charge >= 0.3 is 6.03 Å². The molecule has 1 atom stereocenters. The summed E-state index contributed by atoms with van der Waals surface area (Å²) in [7, 11) is 0. The summed E-state index contributed by atoms with van der Waals surface area (Å²) in [6, 6.07) is 7.59. The number of fused-ring (bicyclic) bond motifs is 1. The summed E-state index contributed by atoms with van der Waals surface area (Å²) in [5.74, 6) is -0.101. The Balaban J connectivity index is 1.20. The van der Waals surface area contributed by atoms with E-state index in [-0.39, 0.29) is 24.2 Å². The van der Waals surface area contributed by atoms with E-state index in [0.29, 0.717) is 19.5 Å². The average Bonchev–Trinajstić information content (AvgIpc) is 3.40. The number of nitrogens with zero attached hydrogens (tertiary/aromatic N) is 2. The van der Waals surface area contributed by atoms with E-state index in [9.17, 15) is 14.4 Å². The van der Waals surface area contributed by atoms with Crippen molar-refractivity contribution in [1.82, 2.24) is 15.5 Å². The van der Waals surface area contributed by atoms with Crippen LogP contribution in [0.5, 0.6) is 0 Å². The molecular weight excluding hydrogens is 372 g/mol. The van der Waals surface area contributed by atoms with E-state index < -0.39 is 11.6 Å². The van der Waals surface area contributed by atoms with Gasteiger partial charge in [0.2, 0.25) is 5.91 Å². The molecule has 152 valence electrons. The monoisotopic (exact) mass is 396 g/mol. The third-order valence-corrected chi connectivity index (χ3v) is 6.41. The van der Waals surface area contributed by atoms with Crippen molar-refractivity contribution in [3.05, 3.63) is 30.5 Å². The second-order valence-electron chi connectivity index (χ2n) is 8.14. The predicted molar refractivity (Wildman–Crippen MR) is 106 cm³/mol. The molecule has 2 aromatic rings. The van der Waals surface area contributed by atoms with E-state index in [1.165, 1.54) is 0 Å². The number of benzene rings is 1. The predicted octanol–water partition coefficient (Wildman–Crippen LogP) is 1.85. The Morgan fingerprint density at radius 3 is 2.62 bits per heavy atom. The highest BCUT2D eigenvalue weighted by molar-refractivity contribution is 6.07. The molecule has 0 spiro atoms. The number of anilines is 1. The Labute approximate surface area is 168 Å². The number of rotatable bonds is 5. The lowest BCUT2D eigenvalue weighted by Crippen LogP contribution is -2.51. The van der Waals surface area contributed by atoms with Gasteiger partial charge in [0.15, 0.2) is 5.58 Å². The zero-order chi connectivity index (χ0) is 20.0. The number of hydrogen-bond donors (Lipinski definition) is 2. The number of furan rings is 1. The Morgan fingerprint density at radius 2 is 1.93 bits per heavy atom. The van der Waals surface area contributed by atoms with Crippen LogP contribution in [0.15, 0.2) is 34.9 Å². The summed E-state index contributed by atoms with van der Waals surface area (Å²) >= 11 is 0. The van der Waals surface area contributed by atoms with Gasteiger partial charge in [0.1, 0.15) is 5.54 Å². The minimum absolute atomic E-state index is 0.0369. The maximum absolute atomic E-state index is 12.8. The van der Waals surface area contributed by atoms with Crippen LogP contribution in [0.3, 0.4) is 0 Å². The molecule has 3 aliphatic rings. The van der Waals surface area contributed by atoms with Gasteiger partial charge in [0.05, 0.1) is 12.0 Å². The Hall–Kier alpha value is -3.03. The van der Waals surface area contributed by atoms with Gasteiger partial charge in [0, 0.05) is 38.0 Å². The molecule has 1 saturated carbocycles. The van der Waals surface area contributed by atoms with Crippen molar-refractivity contribution in [1.29, 1.82) is 0 Å². The average molecular weight is 396 g/mol. The number of piperazine rings is 1. The summed E-state index contributed by atoms with van der Waals surface area (Å²) in [5.41, 5.74) is 1.03. The van der Waals surface area contributed by atoms with Crippen LogP contribution in [0.25, 0.3) is 11.0 Å². The molecule has 1 aromatic heterocycles. The number of nitrogens with one attached hydrogen (secondary N) is 2. The molecule has 3 heterocycles. The first-order valence-electron chi connectivity index (χ1n) is 10.2. The fourth-order valence-corrected chi connectivity index (χ4v) is 4.63. The molecule has 29 heavy (non-hydrogen) atoms. The summed E-state index contributed by atoms with van der Waals surface area (Å²) < 4.78 is 5.64. The van der Waals surface area contributed by atoms with Gasteiger partial charge in [-0.05, 0) is 37.3 Å². The highest BCUT2D eigenvalue weighted by Crippen LogP contribution is 2.43. The van der Waals surface area contributed by atoms with Crippen molar-refractivity contribution in [2.24, 2.45) is 5.92 Å². The molecule has 5 rings (SSSR count). The fourth-order valence-electron chi connectivity index (χ4n) is 4.63. The van der Waals surface area contributed by atoms with Crippen LogP contribution in [0.2, 0.25) is 0 Å². The number of carbonyl (C=O) groups excluding carboxylic acids is 3. The highest BCUT2D eigenvalue weighted by atomic mass is 16.3. The first-order valence-corrected chi connectivity index (χ1v) is 10.2. The first kappa shape index (κ1) is 18.0. The van der Waals surface area contributed by atoms with Crippen LogP contribution in [-0.4, -0.2) is 54.5 Å². The molecule has 2 aliphatic heterocycles. The number of hydrogen-bond acceptors (Lipinski definition) is 5. The van der Waals surface area contributed by atoms with Gasteiger partial charge in [0.25, 0.3) is 5.91 Å². The molecular formula is C21H24N4O4. The van der Waals surface area contributed by atoms with Crippen molar-refractivity contribution < 1.29 is 18.8 Å². The molecule has 2 saturated heterocycles. The zero-order valence-electron chi connectivity index (χ0n) is 16.1. The number of amides is 4. The van der Waals surface area contributed by atoms with Crippen LogP contribution >= 0.6 is 0 Å². The molecule has 0 radical (unpaired) electrons. The van der Waals surface area contributed by atoms with Gasteiger partial charge in [-0.2, -0.15) is 0 Å². The lowest BCUT2D eigenvalue weighted by Gasteiger charge is -2.36. The van der Waals surface area contributed by atoms with Gasteiger partial charge < -0.3 is 19.5 Å². The topological polar surface area (TPSA) is 94.9 Å². The molecule has 2 N–H and O–H groups in total. The second kappa shape index (κ2) is 6.79. The summed E-state index contributed by atoms with van der Waals surface area (Å²) in [6.45, 7) is 2.73. The maximum atomic E-state index is 12.8. The minimum Gasteiger partial charge on any atom is -0.462 e. The van der Waals surface area contributed by atoms with Gasteiger partial charge in [-0.1, -0.05) is 12.1 Å². The molecule has 1 aromatic carbocycles. The largest absolute Gasteiger partial charge is 0.462 e. The lowest BCUT2D eigenvalue weighted by molar-refractivity contribution is -0.132. The maximum Gasteiger partial charge on any atom is 0.322 e. The zero-order valence-corrected chi connectivity index (χ0v) is 16.1. The van der Waals surface area contributed by atoms with E-state index in [0.717, 1.165) is 42.6 Å². The molecule has 1 aliphatic carbocycles. The Morgan fingerprint density at radius 1 is 1.14 bits per heavy atom. The smallest absolute Gasteiger partial charge is 0.322 e. The van der Waals surface area contributed by atoms with Gasteiger partial charge in [-0.25, -0.2) is 4.79 Å². The molecule has 8 heteroatoms. The second-order valence-corrected chi connectivity index (χ2v) is 8.14. The molecule has 8 nitrogen and oxygen atoms in total. The van der Waals surface area contributed by atoms with Crippen LogP contribution in [0.1, 0.15) is 25.7 Å². The van der Waals surface area contributed by atoms with Crippen molar-refractivity contribution in [3.63, 3.8) is 0 Å². The molecule has 0 bridgehead atoms. The van der Waals surface area contributed by atoms with E-state index in [2.05, 4.69) is 15.5 Å². The molecule has 1 unspecified atom stereocenters. The summed E-state index contributed by atoms with van der Waals surface area (Å²) in [4.78, 5) is 40.9. The van der Waals surface area contributed by atoms with E-state index >= 15 is 0 Å². The van der Waals surface area contributed by atoms with Crippen LogP contribution in [0, 0.1) is 5.92 Å². The van der Waals surface area contributed by atoms with Crippen LogP contribution in [-0.2, 0) is 9.59 Å². The van der Waals surface area contributed by atoms with Gasteiger partial charge in [-0.3, -0.25) is 14.9 Å². The van der Waals surface area contributed by atoms with Crippen molar-refractivity contribution in [2.75, 3.05) is 31.1 Å². The van der Waals surface area contributed by atoms with E-state index in [4.69, 9.17) is 4.42 Å². The third-order valence-electron chi connectivity index (χ3n) is 6.41. The standard InChI is InChI=1S/C21H24N4O4/c26-17(6-8-21(15-4-5-15)19(27)22-20(28)23-21)25-11-9-24(10-12-25)16-3-1-2-14-7-13-29-18(14)16/h1-3,7,13,15H,4-6,8-12H2,(H2,22,23,27,28). The lowest BCUT2D eigenvalue weighted by atomic mass is 9.87. The Kier molecular flexibility index (Phi) is 4.22. The van der Waals surface area contributed by atoms with Crippen LogP contribution < -0.4 is 15.5 Å². The number of carbonyl (C=O) groups is 3. The summed E-state index contributed by atoms with van der Waals surface area (Å²) in [6.07, 6.45) is 4.15. The Bertz CT molecular complexity index is 974. The van der Waals surface area contributed by atoms with Crippen molar-refractivity contribution >= 4 is 34.5 Å². The number of imide groups is 1. The third kappa shape index (κ3) is 3.12. The normalized spacial score (nSPS) is 24.7. The highest BCUT2D eigenvalue weighted by Gasteiger charge is 2.55. The molecule has 4 amide bonds. The number of para-hydroxylation sites is 1. The van der Waals surface area contributed by atoms with Crippen molar-refractivity contribution in [2.45, 2.75) is 31.2 Å². The SMILES string of the molecule is O=C1NC(=O)C(CCC(=O)N2CCN(c3cccc4ccoc34)CC2)(C2CC2)N1. The van der Waals surface area contributed by atoms with Crippen LogP contribution in [0.4, 0.5) is 10.5 Å². The minimum atomic E-state index is -0.899. The first-order chi connectivity index (χ1) is 14.1. The number of urea groups is 1. The fraction of sp³-hybridized carbons (Fsp3) is 0.476. The summed E-state index contributed by atoms with van der Waals surface area (Å²) in [5, 5.41) is 6.20. The quantitative estimate of drug-likeness (QED) is 0.752. The van der Waals surface area contributed by atoms with Gasteiger partial charge in [-0.15, -0.1) is 0 Å². The van der Waals surface area contributed by atoms with E-state index in [1.54, 1.807) is 6.26 Å².